The monoisotopic (exact) mass is 210 g/mol. The van der Waals surface area contributed by atoms with Crippen molar-refractivity contribution in [2.24, 2.45) is 0 Å². The third-order valence-corrected chi connectivity index (χ3v) is 2.65. The van der Waals surface area contributed by atoms with Crippen LogP contribution in [0.5, 0.6) is 0 Å². The Hall–Kier alpha value is -1.42. The van der Waals surface area contributed by atoms with E-state index in [-0.39, 0.29) is 12.0 Å². The van der Waals surface area contributed by atoms with Crippen LogP contribution in [-0.2, 0) is 6.42 Å². The number of carboxylic acids is 1. The van der Waals surface area contributed by atoms with Gasteiger partial charge in [0.15, 0.2) is 0 Å². The molecule has 1 aliphatic rings. The van der Waals surface area contributed by atoms with Crippen LogP contribution in [0.3, 0.4) is 0 Å². The number of halogens is 1. The standard InChI is InChI=1S/C11H11FO3/c12-8-2-1-7(6-11(15)3-4-11)9(5-8)10(13)14/h1-2,5,15H,3-4,6H2,(H,13,14). The van der Waals surface area contributed by atoms with Crippen molar-refractivity contribution in [3.63, 3.8) is 0 Å². The van der Waals surface area contributed by atoms with Gasteiger partial charge in [-0.05, 0) is 30.5 Å². The number of carbonyl (C=O) groups is 1. The van der Waals surface area contributed by atoms with Crippen molar-refractivity contribution < 1.29 is 19.4 Å². The summed E-state index contributed by atoms with van der Waals surface area (Å²) in [5, 5.41) is 18.5. The van der Waals surface area contributed by atoms with Gasteiger partial charge in [-0.15, -0.1) is 0 Å². The number of hydrogen-bond donors (Lipinski definition) is 2. The third kappa shape index (κ3) is 2.15. The Labute approximate surface area is 86.2 Å². The average Bonchev–Trinajstić information content (AvgIpc) is 2.87. The summed E-state index contributed by atoms with van der Waals surface area (Å²) < 4.78 is 12.8. The Morgan fingerprint density at radius 1 is 1.47 bits per heavy atom. The van der Waals surface area contributed by atoms with Gasteiger partial charge in [0.2, 0.25) is 0 Å². The van der Waals surface area contributed by atoms with Gasteiger partial charge in [-0.25, -0.2) is 9.18 Å². The summed E-state index contributed by atoms with van der Waals surface area (Å²) in [7, 11) is 0. The maximum absolute atomic E-state index is 12.8. The Morgan fingerprint density at radius 3 is 2.67 bits per heavy atom. The van der Waals surface area contributed by atoms with Crippen LogP contribution >= 0.6 is 0 Å². The minimum atomic E-state index is -1.16. The molecule has 2 rings (SSSR count). The van der Waals surface area contributed by atoms with E-state index in [9.17, 15) is 14.3 Å². The molecule has 4 heteroatoms. The molecule has 80 valence electrons. The molecule has 2 N–H and O–H groups in total. The van der Waals surface area contributed by atoms with Gasteiger partial charge in [0.1, 0.15) is 5.82 Å². The molecule has 0 atom stereocenters. The van der Waals surface area contributed by atoms with Crippen molar-refractivity contribution >= 4 is 5.97 Å². The number of rotatable bonds is 3. The molecule has 0 amide bonds. The van der Waals surface area contributed by atoms with Crippen molar-refractivity contribution in [3.05, 3.63) is 35.1 Å². The third-order valence-electron chi connectivity index (χ3n) is 2.65. The zero-order valence-corrected chi connectivity index (χ0v) is 8.03. The van der Waals surface area contributed by atoms with E-state index in [1.54, 1.807) is 0 Å². The van der Waals surface area contributed by atoms with Crippen molar-refractivity contribution in [2.75, 3.05) is 0 Å². The predicted molar refractivity (Wildman–Crippen MR) is 51.2 cm³/mol. The highest BCUT2D eigenvalue weighted by atomic mass is 19.1. The van der Waals surface area contributed by atoms with E-state index in [1.807, 2.05) is 0 Å². The summed E-state index contributed by atoms with van der Waals surface area (Å²) in [5.74, 6) is -1.73. The lowest BCUT2D eigenvalue weighted by Gasteiger charge is -2.10. The predicted octanol–water partition coefficient (Wildman–Crippen LogP) is 1.59. The molecule has 1 saturated carbocycles. The highest BCUT2D eigenvalue weighted by Crippen LogP contribution is 2.38. The number of benzene rings is 1. The minimum absolute atomic E-state index is 0.0599. The molecule has 1 aromatic carbocycles. The molecule has 0 aromatic heterocycles. The smallest absolute Gasteiger partial charge is 0.336 e. The lowest BCUT2D eigenvalue weighted by Crippen LogP contribution is -2.14. The number of aromatic carboxylic acids is 1. The molecule has 15 heavy (non-hydrogen) atoms. The fourth-order valence-corrected chi connectivity index (χ4v) is 1.58. The van der Waals surface area contributed by atoms with Gasteiger partial charge in [-0.2, -0.15) is 0 Å². The zero-order valence-electron chi connectivity index (χ0n) is 8.03. The summed E-state index contributed by atoms with van der Waals surface area (Å²) in [4.78, 5) is 10.8. The van der Waals surface area contributed by atoms with E-state index in [1.165, 1.54) is 12.1 Å². The second kappa shape index (κ2) is 3.31. The largest absolute Gasteiger partial charge is 0.478 e. The van der Waals surface area contributed by atoms with Gasteiger partial charge >= 0.3 is 5.97 Å². The molecule has 0 aliphatic heterocycles. The molecular weight excluding hydrogens is 199 g/mol. The van der Waals surface area contributed by atoms with Crippen LogP contribution in [0.25, 0.3) is 0 Å². The molecule has 1 aromatic rings. The van der Waals surface area contributed by atoms with Crippen LogP contribution in [-0.4, -0.2) is 21.8 Å². The van der Waals surface area contributed by atoms with Crippen molar-refractivity contribution in [1.29, 1.82) is 0 Å². The van der Waals surface area contributed by atoms with Crippen LogP contribution in [0.15, 0.2) is 18.2 Å². The maximum atomic E-state index is 12.8. The highest BCUT2D eigenvalue weighted by molar-refractivity contribution is 5.89. The molecule has 3 nitrogen and oxygen atoms in total. The van der Waals surface area contributed by atoms with E-state index in [4.69, 9.17) is 5.11 Å². The first kappa shape index (κ1) is 10.1. The van der Waals surface area contributed by atoms with Crippen molar-refractivity contribution in [2.45, 2.75) is 24.9 Å². The molecule has 0 bridgehead atoms. The summed E-state index contributed by atoms with van der Waals surface area (Å²) in [6.07, 6.45) is 1.65. The van der Waals surface area contributed by atoms with Gasteiger partial charge < -0.3 is 10.2 Å². The molecular formula is C11H11FO3. The second-order valence-corrected chi connectivity index (χ2v) is 4.01. The van der Waals surface area contributed by atoms with Gasteiger partial charge in [-0.3, -0.25) is 0 Å². The fourth-order valence-electron chi connectivity index (χ4n) is 1.58. The van der Waals surface area contributed by atoms with Gasteiger partial charge in [0, 0.05) is 6.42 Å². The van der Waals surface area contributed by atoms with Gasteiger partial charge in [-0.1, -0.05) is 6.07 Å². The summed E-state index contributed by atoms with van der Waals surface area (Å²) >= 11 is 0. The minimum Gasteiger partial charge on any atom is -0.478 e. The van der Waals surface area contributed by atoms with Gasteiger partial charge in [0.05, 0.1) is 11.2 Å². The lowest BCUT2D eigenvalue weighted by atomic mass is 10.0. The lowest BCUT2D eigenvalue weighted by molar-refractivity contribution is 0.0694. The van der Waals surface area contributed by atoms with E-state index in [0.29, 0.717) is 18.4 Å². The number of carboxylic acid groups (broad SMARTS) is 1. The van der Waals surface area contributed by atoms with E-state index in [2.05, 4.69) is 0 Å². The maximum Gasteiger partial charge on any atom is 0.336 e. The average molecular weight is 210 g/mol. The number of hydrogen-bond acceptors (Lipinski definition) is 2. The first-order valence-corrected chi connectivity index (χ1v) is 4.74. The van der Waals surface area contributed by atoms with Gasteiger partial charge in [0.25, 0.3) is 0 Å². The van der Waals surface area contributed by atoms with Crippen LogP contribution < -0.4 is 0 Å². The first-order valence-electron chi connectivity index (χ1n) is 4.74. The Balaban J connectivity index is 2.32. The SMILES string of the molecule is O=C(O)c1cc(F)ccc1CC1(O)CC1. The Morgan fingerprint density at radius 2 is 2.13 bits per heavy atom. The van der Waals surface area contributed by atoms with Crippen LogP contribution in [0, 0.1) is 5.82 Å². The van der Waals surface area contributed by atoms with Crippen LogP contribution in [0.1, 0.15) is 28.8 Å². The second-order valence-electron chi connectivity index (χ2n) is 4.01. The summed E-state index contributed by atoms with van der Waals surface area (Å²) in [6.45, 7) is 0. The van der Waals surface area contributed by atoms with Crippen LogP contribution in [0.2, 0.25) is 0 Å². The molecule has 0 unspecified atom stereocenters. The van der Waals surface area contributed by atoms with E-state index in [0.717, 1.165) is 6.07 Å². The highest BCUT2D eigenvalue weighted by Gasteiger charge is 2.40. The summed E-state index contributed by atoms with van der Waals surface area (Å²) in [6, 6.07) is 3.63. The summed E-state index contributed by atoms with van der Waals surface area (Å²) in [5.41, 5.74) is -0.332. The zero-order chi connectivity index (χ0) is 11.1. The molecule has 1 aliphatic carbocycles. The van der Waals surface area contributed by atoms with Crippen molar-refractivity contribution in [3.8, 4) is 0 Å². The topological polar surface area (TPSA) is 57.5 Å². The first-order chi connectivity index (χ1) is 7.00. The normalized spacial score (nSPS) is 17.5. The van der Waals surface area contributed by atoms with Crippen LogP contribution in [0.4, 0.5) is 4.39 Å². The molecule has 0 spiro atoms. The van der Waals surface area contributed by atoms with E-state index < -0.39 is 17.4 Å². The molecule has 0 heterocycles. The molecule has 0 saturated heterocycles. The molecule has 0 radical (unpaired) electrons. The molecule has 1 fully saturated rings. The fraction of sp³-hybridized carbons (Fsp3) is 0.364. The van der Waals surface area contributed by atoms with Crippen molar-refractivity contribution in [1.82, 2.24) is 0 Å². The quantitative estimate of drug-likeness (QED) is 0.796. The number of aliphatic hydroxyl groups is 1. The Bertz CT molecular complexity index is 410. The Kier molecular flexibility index (Phi) is 2.23. The van der Waals surface area contributed by atoms with E-state index >= 15 is 0 Å².